The molecule has 0 bridgehead atoms. The van der Waals surface area contributed by atoms with Gasteiger partial charge in [0.15, 0.2) is 23.0 Å². The highest BCUT2D eigenvalue weighted by Crippen LogP contribution is 2.52. The van der Waals surface area contributed by atoms with Gasteiger partial charge in [-0.2, -0.15) is 0 Å². The third-order valence-corrected chi connectivity index (χ3v) is 4.96. The maximum absolute atomic E-state index is 10.3. The monoisotopic (exact) mass is 392 g/mol. The molecule has 0 amide bonds. The van der Waals surface area contributed by atoms with Gasteiger partial charge in [0.2, 0.25) is 0 Å². The molecule has 2 aromatic carbocycles. The molecule has 0 unspecified atom stereocenters. The number of aromatic hydroxyl groups is 1. The molecular weight excluding hydrogens is 368 g/mol. The summed E-state index contributed by atoms with van der Waals surface area (Å²) in [4.78, 5) is 0. The Morgan fingerprint density at radius 1 is 1.04 bits per heavy atom. The first-order chi connectivity index (χ1) is 13.4. The van der Waals surface area contributed by atoms with Crippen LogP contribution in [-0.2, 0) is 0 Å². The lowest BCUT2D eigenvalue weighted by atomic mass is 9.89. The molecule has 28 heavy (non-hydrogen) atoms. The van der Waals surface area contributed by atoms with Crippen molar-refractivity contribution in [2.75, 3.05) is 27.4 Å². The number of rotatable bonds is 7. The lowest BCUT2D eigenvalue weighted by Crippen LogP contribution is -2.22. The van der Waals surface area contributed by atoms with E-state index in [0.29, 0.717) is 28.2 Å². The number of aliphatic hydroxyl groups excluding tert-OH is 4. The summed E-state index contributed by atoms with van der Waals surface area (Å²) >= 11 is 0. The van der Waals surface area contributed by atoms with Gasteiger partial charge >= 0.3 is 0 Å². The minimum absolute atomic E-state index is 0.0108. The molecule has 0 saturated carbocycles. The van der Waals surface area contributed by atoms with Gasteiger partial charge in [-0.3, -0.25) is 0 Å². The van der Waals surface area contributed by atoms with Crippen molar-refractivity contribution in [2.45, 2.75) is 24.2 Å². The van der Waals surface area contributed by atoms with Crippen LogP contribution in [0.3, 0.4) is 0 Å². The van der Waals surface area contributed by atoms with Crippen molar-refractivity contribution in [1.82, 2.24) is 0 Å². The van der Waals surface area contributed by atoms with Gasteiger partial charge in [-0.25, -0.2) is 0 Å². The average molecular weight is 392 g/mol. The molecule has 4 atom stereocenters. The maximum atomic E-state index is 10.3. The fourth-order valence-electron chi connectivity index (χ4n) is 3.43. The largest absolute Gasteiger partial charge is 0.504 e. The number of phenolic OH excluding ortho intramolecular Hbond substituents is 1. The Bertz CT molecular complexity index is 837. The van der Waals surface area contributed by atoms with Crippen LogP contribution in [0, 0.1) is 0 Å². The van der Waals surface area contributed by atoms with E-state index in [1.165, 1.54) is 26.4 Å². The normalized spacial score (nSPS) is 20.2. The highest BCUT2D eigenvalue weighted by atomic mass is 16.5. The molecule has 8 heteroatoms. The average Bonchev–Trinajstić information content (AvgIpc) is 3.10. The van der Waals surface area contributed by atoms with E-state index >= 15 is 0 Å². The molecule has 3 rings (SSSR count). The lowest BCUT2D eigenvalue weighted by molar-refractivity contribution is -0.0153. The molecule has 8 nitrogen and oxygen atoms in total. The Labute approximate surface area is 162 Å². The van der Waals surface area contributed by atoms with Crippen LogP contribution in [-0.4, -0.2) is 59.1 Å². The van der Waals surface area contributed by atoms with E-state index in [4.69, 9.17) is 19.3 Å². The number of phenols is 1. The first kappa shape index (κ1) is 20.2. The van der Waals surface area contributed by atoms with Gasteiger partial charge in [0.25, 0.3) is 0 Å². The summed E-state index contributed by atoms with van der Waals surface area (Å²) in [6.45, 7) is -0.845. The van der Waals surface area contributed by atoms with Crippen LogP contribution < -0.4 is 14.2 Å². The second-order valence-corrected chi connectivity index (χ2v) is 6.60. The molecular formula is C20H24O8. The SMILES string of the molecule is COc1cc([C@@H]2Oc3c(OC)cc([C@H](O)[C@H](O)CO)cc3[C@@H]2CO)ccc1O. The molecule has 5 N–H and O–H groups in total. The minimum atomic E-state index is -1.35. The van der Waals surface area contributed by atoms with Gasteiger partial charge in [-0.15, -0.1) is 0 Å². The minimum Gasteiger partial charge on any atom is -0.504 e. The summed E-state index contributed by atoms with van der Waals surface area (Å²) in [6.07, 6.45) is -3.25. The van der Waals surface area contributed by atoms with Crippen molar-refractivity contribution in [1.29, 1.82) is 0 Å². The summed E-state index contributed by atoms with van der Waals surface area (Å²) in [6, 6.07) is 7.94. The van der Waals surface area contributed by atoms with Gasteiger partial charge in [-0.05, 0) is 35.4 Å². The van der Waals surface area contributed by atoms with Crippen LogP contribution in [0.15, 0.2) is 30.3 Å². The molecule has 0 saturated heterocycles. The third kappa shape index (κ3) is 3.47. The molecule has 1 aliphatic rings. The number of hydrogen-bond donors (Lipinski definition) is 5. The summed E-state index contributed by atoms with van der Waals surface area (Å²) in [5.74, 6) is 0.555. The molecule has 0 fully saturated rings. The van der Waals surface area contributed by atoms with Crippen LogP contribution in [0.25, 0.3) is 0 Å². The van der Waals surface area contributed by atoms with Gasteiger partial charge in [0.05, 0.1) is 33.4 Å². The molecule has 1 heterocycles. The number of fused-ring (bicyclic) bond motifs is 1. The summed E-state index contributed by atoms with van der Waals surface area (Å²) in [7, 11) is 2.89. The van der Waals surface area contributed by atoms with Crippen LogP contribution in [0.4, 0.5) is 0 Å². The van der Waals surface area contributed by atoms with E-state index in [0.717, 1.165) is 0 Å². The number of benzene rings is 2. The third-order valence-electron chi connectivity index (χ3n) is 4.96. The van der Waals surface area contributed by atoms with Crippen molar-refractivity contribution >= 4 is 0 Å². The lowest BCUT2D eigenvalue weighted by Gasteiger charge is -2.19. The van der Waals surface area contributed by atoms with Gasteiger partial charge < -0.3 is 39.7 Å². The molecule has 0 radical (unpaired) electrons. The van der Waals surface area contributed by atoms with E-state index in [9.17, 15) is 20.4 Å². The van der Waals surface area contributed by atoms with Crippen LogP contribution in [0.5, 0.6) is 23.0 Å². The number of methoxy groups -OCH3 is 2. The first-order valence-electron chi connectivity index (χ1n) is 8.78. The van der Waals surface area contributed by atoms with Crippen molar-refractivity contribution in [3.63, 3.8) is 0 Å². The zero-order valence-corrected chi connectivity index (χ0v) is 15.6. The van der Waals surface area contributed by atoms with Gasteiger partial charge in [0, 0.05) is 5.56 Å². The Morgan fingerprint density at radius 3 is 2.36 bits per heavy atom. The molecule has 0 spiro atoms. The molecule has 152 valence electrons. The molecule has 2 aromatic rings. The zero-order chi connectivity index (χ0) is 20.4. The predicted molar refractivity (Wildman–Crippen MR) is 98.9 cm³/mol. The van der Waals surface area contributed by atoms with E-state index in [1.54, 1.807) is 18.2 Å². The fourth-order valence-corrected chi connectivity index (χ4v) is 3.43. The molecule has 0 aromatic heterocycles. The van der Waals surface area contributed by atoms with Crippen molar-refractivity contribution in [2.24, 2.45) is 0 Å². The Kier molecular flexibility index (Phi) is 5.95. The van der Waals surface area contributed by atoms with Crippen LogP contribution in [0.1, 0.15) is 34.8 Å². The second-order valence-electron chi connectivity index (χ2n) is 6.60. The van der Waals surface area contributed by atoms with E-state index in [-0.39, 0.29) is 18.1 Å². The van der Waals surface area contributed by atoms with E-state index in [2.05, 4.69) is 0 Å². The standard InChI is InChI=1S/C20H24O8/c1-26-16-6-10(3-4-14(16)23)19-13(8-21)12-5-11(18(25)15(24)9-22)7-17(27-2)20(12)28-19/h3-7,13,15,18-19,21-25H,8-9H2,1-2H3/t13-,15+,18-,19-/m0/s1. The maximum Gasteiger partial charge on any atom is 0.165 e. The van der Waals surface area contributed by atoms with Gasteiger partial charge in [-0.1, -0.05) is 6.07 Å². The fraction of sp³-hybridized carbons (Fsp3) is 0.400. The first-order valence-corrected chi connectivity index (χ1v) is 8.78. The van der Waals surface area contributed by atoms with E-state index < -0.39 is 30.8 Å². The Hall–Kier alpha value is -2.52. The quantitative estimate of drug-likeness (QED) is 0.472. The van der Waals surface area contributed by atoms with Crippen molar-refractivity contribution < 1.29 is 39.7 Å². The predicted octanol–water partition coefficient (Wildman–Crippen LogP) is 1.01. The molecule has 0 aliphatic carbocycles. The van der Waals surface area contributed by atoms with Crippen LogP contribution in [0.2, 0.25) is 0 Å². The van der Waals surface area contributed by atoms with Crippen LogP contribution >= 0.6 is 0 Å². The number of hydrogen-bond acceptors (Lipinski definition) is 8. The highest BCUT2D eigenvalue weighted by molar-refractivity contribution is 5.56. The Morgan fingerprint density at radius 2 is 1.75 bits per heavy atom. The summed E-state index contributed by atoms with van der Waals surface area (Å²) < 4.78 is 16.6. The number of ether oxygens (including phenoxy) is 3. The molecule has 1 aliphatic heterocycles. The summed E-state index contributed by atoms with van der Waals surface area (Å²) in [5.41, 5.74) is 1.63. The topological polar surface area (TPSA) is 129 Å². The van der Waals surface area contributed by atoms with Gasteiger partial charge in [0.1, 0.15) is 18.3 Å². The smallest absolute Gasteiger partial charge is 0.165 e. The highest BCUT2D eigenvalue weighted by Gasteiger charge is 2.38. The van der Waals surface area contributed by atoms with Crippen molar-refractivity contribution in [3.8, 4) is 23.0 Å². The number of aliphatic hydroxyl groups is 4. The van der Waals surface area contributed by atoms with E-state index in [1.807, 2.05) is 0 Å². The second kappa shape index (κ2) is 8.24. The zero-order valence-electron chi connectivity index (χ0n) is 15.6. The summed E-state index contributed by atoms with van der Waals surface area (Å²) in [5, 5.41) is 49.0. The Balaban J connectivity index is 2.04. The van der Waals surface area contributed by atoms with Crippen molar-refractivity contribution in [3.05, 3.63) is 47.0 Å².